The monoisotopic (exact) mass is 363 g/mol. The zero-order chi connectivity index (χ0) is 19.2. The van der Waals surface area contributed by atoms with E-state index in [4.69, 9.17) is 0 Å². The molecule has 0 saturated heterocycles. The quantitative estimate of drug-likeness (QED) is 0.326. The standard InChI is InChI=1S/C20H14FN3O3/c21-15-9-7-14(8-10-15)18(25)6-3-11-22-12-13-24-17-5-2-1-4-16(17)19(26)23-20(24)27/h1-2,4-10H,12-13H2,(H,23,26,27). The number of carbonyl (C=O) groups excluding carboxylic acids is 1. The fourth-order valence-corrected chi connectivity index (χ4v) is 2.51. The van der Waals surface area contributed by atoms with Gasteiger partial charge in [-0.25, -0.2) is 14.2 Å². The van der Waals surface area contributed by atoms with Crippen LogP contribution in [0.25, 0.3) is 10.9 Å². The van der Waals surface area contributed by atoms with Gasteiger partial charge in [-0.2, -0.15) is 0 Å². The molecule has 0 radical (unpaired) electrons. The van der Waals surface area contributed by atoms with Crippen molar-refractivity contribution in [2.45, 2.75) is 6.54 Å². The van der Waals surface area contributed by atoms with Crippen molar-refractivity contribution in [1.29, 1.82) is 0 Å². The van der Waals surface area contributed by atoms with Gasteiger partial charge in [0.1, 0.15) is 5.82 Å². The van der Waals surface area contributed by atoms with E-state index in [-0.39, 0.29) is 18.9 Å². The molecule has 3 aromatic rings. The largest absolute Gasteiger partial charge is 0.328 e. The second kappa shape index (κ2) is 8.06. The summed E-state index contributed by atoms with van der Waals surface area (Å²) in [5.41, 5.74) is 2.42. The number of nitrogens with zero attached hydrogens (tertiary/aromatic N) is 2. The second-order valence-corrected chi connectivity index (χ2v) is 5.58. The van der Waals surface area contributed by atoms with Gasteiger partial charge in [-0.3, -0.25) is 19.1 Å². The highest BCUT2D eigenvalue weighted by Crippen LogP contribution is 2.06. The lowest BCUT2D eigenvalue weighted by Crippen LogP contribution is -2.30. The molecule has 0 unspecified atom stereocenters. The number of aromatic nitrogens is 2. The molecule has 1 aromatic heterocycles. The zero-order valence-corrected chi connectivity index (χ0v) is 14.1. The van der Waals surface area contributed by atoms with Crippen LogP contribution in [0.15, 0.2) is 74.9 Å². The summed E-state index contributed by atoms with van der Waals surface area (Å²) in [7, 11) is 0. The normalized spacial score (nSPS) is 10.1. The average Bonchev–Trinajstić information content (AvgIpc) is 2.67. The van der Waals surface area contributed by atoms with Gasteiger partial charge in [0, 0.05) is 24.1 Å². The molecular formula is C20H14FN3O3. The van der Waals surface area contributed by atoms with E-state index in [1.165, 1.54) is 28.8 Å². The molecule has 3 rings (SSSR count). The van der Waals surface area contributed by atoms with Gasteiger partial charge in [-0.15, -0.1) is 0 Å². The molecule has 0 amide bonds. The molecule has 1 heterocycles. The van der Waals surface area contributed by atoms with E-state index in [1.54, 1.807) is 24.3 Å². The highest BCUT2D eigenvalue weighted by Gasteiger charge is 2.05. The lowest BCUT2D eigenvalue weighted by molar-refractivity contribution is 0.104. The third kappa shape index (κ3) is 4.25. The predicted molar refractivity (Wildman–Crippen MR) is 99.9 cm³/mol. The molecule has 0 atom stereocenters. The van der Waals surface area contributed by atoms with Crippen LogP contribution in [-0.4, -0.2) is 27.7 Å². The smallest absolute Gasteiger partial charge is 0.291 e. The first-order chi connectivity index (χ1) is 13.1. The Morgan fingerprint density at radius 3 is 2.67 bits per heavy atom. The summed E-state index contributed by atoms with van der Waals surface area (Å²) < 4.78 is 14.2. The van der Waals surface area contributed by atoms with Crippen LogP contribution < -0.4 is 11.2 Å². The Kier molecular flexibility index (Phi) is 5.38. The van der Waals surface area contributed by atoms with E-state index in [0.717, 1.165) is 6.08 Å². The third-order valence-corrected chi connectivity index (χ3v) is 3.82. The molecule has 2 aromatic carbocycles. The van der Waals surface area contributed by atoms with Gasteiger partial charge in [0.15, 0.2) is 5.78 Å². The topological polar surface area (TPSA) is 84.3 Å². The number of hydrogen-bond acceptors (Lipinski definition) is 4. The lowest BCUT2D eigenvalue weighted by Gasteiger charge is -2.06. The Hall–Kier alpha value is -3.79. The Morgan fingerprint density at radius 2 is 1.89 bits per heavy atom. The molecule has 7 heteroatoms. The van der Waals surface area contributed by atoms with Crippen molar-refractivity contribution in [2.75, 3.05) is 6.54 Å². The van der Waals surface area contributed by atoms with Crippen LogP contribution in [-0.2, 0) is 6.54 Å². The fraction of sp³-hybridized carbons (Fsp3) is 0.100. The van der Waals surface area contributed by atoms with E-state index in [9.17, 15) is 18.8 Å². The Bertz CT molecular complexity index is 1210. The van der Waals surface area contributed by atoms with E-state index < -0.39 is 17.1 Å². The maximum absolute atomic E-state index is 12.8. The van der Waals surface area contributed by atoms with Crippen LogP contribution in [0, 0.1) is 5.82 Å². The number of benzene rings is 2. The fourth-order valence-electron chi connectivity index (χ4n) is 2.51. The van der Waals surface area contributed by atoms with Gasteiger partial charge in [-0.05, 0) is 42.1 Å². The van der Waals surface area contributed by atoms with Crippen molar-refractivity contribution in [3.8, 4) is 0 Å². The van der Waals surface area contributed by atoms with Gasteiger partial charge >= 0.3 is 5.69 Å². The van der Waals surface area contributed by atoms with Crippen LogP contribution in [0.4, 0.5) is 4.39 Å². The van der Waals surface area contributed by atoms with Gasteiger partial charge in [0.2, 0.25) is 0 Å². The molecule has 1 N–H and O–H groups in total. The van der Waals surface area contributed by atoms with Gasteiger partial charge in [0.05, 0.1) is 17.4 Å². The molecule has 0 aliphatic carbocycles. The number of H-pyrrole nitrogens is 1. The highest BCUT2D eigenvalue weighted by molar-refractivity contribution is 6.04. The van der Waals surface area contributed by atoms with Crippen molar-refractivity contribution < 1.29 is 9.18 Å². The first-order valence-electron chi connectivity index (χ1n) is 8.08. The highest BCUT2D eigenvalue weighted by atomic mass is 19.1. The molecule has 6 nitrogen and oxygen atoms in total. The number of carbonyl (C=O) groups is 1. The molecular weight excluding hydrogens is 349 g/mol. The number of ketones is 1. The summed E-state index contributed by atoms with van der Waals surface area (Å²) in [6.07, 6.45) is 1.15. The maximum Gasteiger partial charge on any atom is 0.328 e. The van der Waals surface area contributed by atoms with Crippen LogP contribution in [0.5, 0.6) is 0 Å². The average molecular weight is 363 g/mol. The number of fused-ring (bicyclic) bond motifs is 1. The summed E-state index contributed by atoms with van der Waals surface area (Å²) in [6, 6.07) is 11.9. The molecule has 0 bridgehead atoms. The first-order valence-corrected chi connectivity index (χ1v) is 8.08. The van der Waals surface area contributed by atoms with E-state index in [2.05, 4.69) is 21.6 Å². The Morgan fingerprint density at radius 1 is 1.15 bits per heavy atom. The number of para-hydroxylation sites is 1. The minimum Gasteiger partial charge on any atom is -0.291 e. The van der Waals surface area contributed by atoms with Gasteiger partial charge < -0.3 is 0 Å². The summed E-state index contributed by atoms with van der Waals surface area (Å²) in [5.74, 6) is 1.72. The summed E-state index contributed by atoms with van der Waals surface area (Å²) >= 11 is 0. The van der Waals surface area contributed by atoms with Crippen LogP contribution in [0.3, 0.4) is 0 Å². The van der Waals surface area contributed by atoms with E-state index >= 15 is 0 Å². The van der Waals surface area contributed by atoms with Gasteiger partial charge in [-0.1, -0.05) is 12.1 Å². The number of hydrogen-bond donors (Lipinski definition) is 1. The number of rotatable bonds is 5. The second-order valence-electron chi connectivity index (χ2n) is 5.58. The molecule has 0 spiro atoms. The minimum absolute atomic E-state index is 0.210. The van der Waals surface area contributed by atoms with E-state index in [0.29, 0.717) is 16.5 Å². The van der Waals surface area contributed by atoms with Crippen molar-refractivity contribution in [2.24, 2.45) is 4.99 Å². The molecule has 0 fully saturated rings. The first kappa shape index (κ1) is 18.0. The zero-order valence-electron chi connectivity index (χ0n) is 14.1. The number of allylic oxidation sites excluding steroid dienone is 1. The van der Waals surface area contributed by atoms with Gasteiger partial charge in [0.25, 0.3) is 5.56 Å². The summed E-state index contributed by atoms with van der Waals surface area (Å²) in [5, 5.41) is 0.418. The lowest BCUT2D eigenvalue weighted by atomic mass is 10.1. The van der Waals surface area contributed by atoms with Crippen LogP contribution in [0.1, 0.15) is 10.4 Å². The molecule has 0 aliphatic rings. The van der Waals surface area contributed by atoms with Crippen LogP contribution >= 0.6 is 0 Å². The summed E-state index contributed by atoms with van der Waals surface area (Å²) in [6.45, 7) is 0.443. The van der Waals surface area contributed by atoms with E-state index in [1.807, 2.05) is 0 Å². The Labute approximate surface area is 152 Å². The molecule has 134 valence electrons. The predicted octanol–water partition coefficient (Wildman–Crippen LogP) is 2.09. The number of aromatic amines is 1. The van der Waals surface area contributed by atoms with Crippen molar-refractivity contribution in [1.82, 2.24) is 9.55 Å². The van der Waals surface area contributed by atoms with Crippen molar-refractivity contribution in [3.63, 3.8) is 0 Å². The summed E-state index contributed by atoms with van der Waals surface area (Å²) in [4.78, 5) is 41.9. The minimum atomic E-state index is -0.514. The molecule has 0 aliphatic heterocycles. The molecule has 0 saturated carbocycles. The number of halogens is 1. The van der Waals surface area contributed by atoms with Crippen LogP contribution in [0.2, 0.25) is 0 Å². The SMILES string of the molecule is O=C(C=C=C=NCCn1c(=O)[nH]c(=O)c2ccccc21)c1ccc(F)cc1. The van der Waals surface area contributed by atoms with Crippen molar-refractivity contribution in [3.05, 3.63) is 92.6 Å². The third-order valence-electron chi connectivity index (χ3n) is 3.82. The Balaban J connectivity index is 1.73. The number of nitrogens with one attached hydrogen (secondary N) is 1. The van der Waals surface area contributed by atoms with Crippen molar-refractivity contribution >= 4 is 22.6 Å². The maximum atomic E-state index is 12.8. The molecule has 27 heavy (non-hydrogen) atoms. The number of aliphatic imine (C=N–C) groups is 1.